The van der Waals surface area contributed by atoms with Crippen LogP contribution in [0, 0.1) is 0 Å². The molecule has 13 aromatic rings. The van der Waals surface area contributed by atoms with Gasteiger partial charge in [0.25, 0.3) is 0 Å². The molecular weight excluding hydrogens is 831 g/mol. The first-order valence-electron chi connectivity index (χ1n) is 22.7. The predicted molar refractivity (Wildman–Crippen MR) is 277 cm³/mol. The Bertz CT molecular complexity index is 3920. The summed E-state index contributed by atoms with van der Waals surface area (Å²) >= 11 is 0. The van der Waals surface area contributed by atoms with Gasteiger partial charge in [0.1, 0.15) is 0 Å². The van der Waals surface area contributed by atoms with E-state index in [1.165, 1.54) is 10.9 Å². The summed E-state index contributed by atoms with van der Waals surface area (Å²) in [7, 11) is 0. The molecule has 0 saturated heterocycles. The second-order valence-corrected chi connectivity index (χ2v) is 16.9. The average Bonchev–Trinajstić information content (AvgIpc) is 3.93. The maximum absolute atomic E-state index is 5.20. The van der Waals surface area contributed by atoms with Gasteiger partial charge in [0.2, 0.25) is 5.95 Å². The molecule has 4 aromatic heterocycles. The number of benzene rings is 9. The van der Waals surface area contributed by atoms with Crippen LogP contribution in [0.15, 0.2) is 237 Å². The molecule has 0 unspecified atom stereocenters. The van der Waals surface area contributed by atoms with E-state index in [9.17, 15) is 0 Å². The molecule has 7 nitrogen and oxygen atoms in total. The van der Waals surface area contributed by atoms with Crippen LogP contribution in [0.1, 0.15) is 0 Å². The van der Waals surface area contributed by atoms with Crippen LogP contribution in [0.3, 0.4) is 0 Å². The van der Waals surface area contributed by atoms with E-state index in [4.69, 9.17) is 24.9 Å². The van der Waals surface area contributed by atoms with E-state index in [-0.39, 0.29) is 0 Å². The van der Waals surface area contributed by atoms with Crippen LogP contribution >= 0.6 is 0 Å². The van der Waals surface area contributed by atoms with Crippen LogP contribution in [0.5, 0.6) is 0 Å². The van der Waals surface area contributed by atoms with Crippen LogP contribution in [0.2, 0.25) is 0 Å². The molecule has 0 atom stereocenters. The maximum Gasteiger partial charge on any atom is 0.238 e. The Labute approximate surface area is 392 Å². The molecule has 13 rings (SSSR count). The van der Waals surface area contributed by atoms with Gasteiger partial charge in [0, 0.05) is 55.0 Å². The van der Waals surface area contributed by atoms with Gasteiger partial charge in [0.05, 0.1) is 33.5 Å². The zero-order valence-corrected chi connectivity index (χ0v) is 36.6. The van der Waals surface area contributed by atoms with Crippen molar-refractivity contribution in [3.63, 3.8) is 0 Å². The van der Waals surface area contributed by atoms with Gasteiger partial charge in [-0.25, -0.2) is 15.0 Å². The fourth-order valence-corrected chi connectivity index (χ4v) is 9.53. The Kier molecular flexibility index (Phi) is 9.35. The molecule has 9 aromatic carbocycles. The minimum Gasteiger partial charge on any atom is -0.309 e. The van der Waals surface area contributed by atoms with E-state index in [1.807, 2.05) is 84.9 Å². The molecule has 68 heavy (non-hydrogen) atoms. The van der Waals surface area contributed by atoms with Gasteiger partial charge < -0.3 is 4.57 Å². The minimum atomic E-state index is 0.557. The number of para-hydroxylation sites is 2. The first kappa shape index (κ1) is 39.1. The Morgan fingerprint density at radius 1 is 0.235 bits per heavy atom. The molecule has 0 fully saturated rings. The molecule has 0 aliphatic carbocycles. The first-order chi connectivity index (χ1) is 33.7. The molecule has 0 saturated carbocycles. The second kappa shape index (κ2) is 16.3. The van der Waals surface area contributed by atoms with Crippen LogP contribution in [-0.4, -0.2) is 34.1 Å². The number of nitrogens with zero attached hydrogens (tertiary/aromatic N) is 7. The van der Waals surface area contributed by atoms with Crippen molar-refractivity contribution in [2.45, 2.75) is 0 Å². The lowest BCUT2D eigenvalue weighted by atomic mass is 10.0. The van der Waals surface area contributed by atoms with Gasteiger partial charge in [0.15, 0.2) is 17.5 Å². The van der Waals surface area contributed by atoms with Gasteiger partial charge in [-0.15, -0.1) is 0 Å². The van der Waals surface area contributed by atoms with E-state index in [2.05, 4.69) is 161 Å². The van der Waals surface area contributed by atoms with Crippen molar-refractivity contribution >= 4 is 43.6 Å². The number of rotatable bonds is 8. The number of hydrogen-bond acceptors (Lipinski definition) is 5. The Balaban J connectivity index is 0.969. The van der Waals surface area contributed by atoms with E-state index in [0.29, 0.717) is 23.4 Å². The zero-order chi connectivity index (χ0) is 45.0. The highest BCUT2D eigenvalue weighted by Crippen LogP contribution is 2.40. The fraction of sp³-hybridized carbons (Fsp3) is 0. The number of fused-ring (bicyclic) bond motifs is 6. The molecule has 0 N–H and O–H groups in total. The molecule has 0 aliphatic heterocycles. The van der Waals surface area contributed by atoms with Gasteiger partial charge in [-0.2, -0.15) is 9.97 Å². The minimum absolute atomic E-state index is 0.557. The molecule has 0 radical (unpaired) electrons. The molecule has 0 amide bonds. The van der Waals surface area contributed by atoms with Gasteiger partial charge in [-0.1, -0.05) is 194 Å². The lowest BCUT2D eigenvalue weighted by Crippen LogP contribution is -2.06. The average molecular weight is 870 g/mol. The van der Waals surface area contributed by atoms with E-state index >= 15 is 0 Å². The van der Waals surface area contributed by atoms with Crippen molar-refractivity contribution in [3.05, 3.63) is 237 Å². The SMILES string of the molecule is c1ccc(-c2ccc(-c3cc(-c4ccc(-n5c6ccccc6c6cc7c8ccccc8n(-c8nc(-c9ccccc9)nc(-c9ccccc9)n8)c7cc65)cc4)nc(-c4ccccc4)n3)cc2)cc1. The highest BCUT2D eigenvalue weighted by Gasteiger charge is 2.21. The lowest BCUT2D eigenvalue weighted by molar-refractivity contribution is 0.953. The normalized spacial score (nSPS) is 11.5. The summed E-state index contributed by atoms with van der Waals surface area (Å²) < 4.78 is 4.56. The molecule has 7 heteroatoms. The van der Waals surface area contributed by atoms with Gasteiger partial charge in [-0.3, -0.25) is 4.57 Å². The molecule has 0 aliphatic rings. The van der Waals surface area contributed by atoms with E-state index < -0.39 is 0 Å². The van der Waals surface area contributed by atoms with Crippen LogP contribution < -0.4 is 0 Å². The Morgan fingerprint density at radius 3 is 1.13 bits per heavy atom. The topological polar surface area (TPSA) is 74.3 Å². The van der Waals surface area contributed by atoms with Crippen molar-refractivity contribution in [1.82, 2.24) is 34.1 Å². The molecule has 0 spiro atoms. The van der Waals surface area contributed by atoms with Gasteiger partial charge in [-0.05, 0) is 53.6 Å². The third-order valence-corrected chi connectivity index (χ3v) is 12.8. The number of hydrogen-bond donors (Lipinski definition) is 0. The fourth-order valence-electron chi connectivity index (χ4n) is 9.53. The predicted octanol–water partition coefficient (Wildman–Crippen LogP) is 14.9. The van der Waals surface area contributed by atoms with Crippen molar-refractivity contribution in [2.24, 2.45) is 0 Å². The molecule has 4 heterocycles. The third-order valence-electron chi connectivity index (χ3n) is 12.8. The largest absolute Gasteiger partial charge is 0.309 e. The van der Waals surface area contributed by atoms with E-state index in [0.717, 1.165) is 88.7 Å². The smallest absolute Gasteiger partial charge is 0.238 e. The second-order valence-electron chi connectivity index (χ2n) is 16.9. The van der Waals surface area contributed by atoms with Crippen molar-refractivity contribution in [2.75, 3.05) is 0 Å². The Hall–Kier alpha value is -9.33. The summed E-state index contributed by atoms with van der Waals surface area (Å²) in [6.45, 7) is 0. The van der Waals surface area contributed by atoms with Crippen LogP contribution in [0.4, 0.5) is 0 Å². The maximum atomic E-state index is 5.20. The molecule has 0 bridgehead atoms. The molecule has 318 valence electrons. The van der Waals surface area contributed by atoms with Crippen molar-refractivity contribution in [1.29, 1.82) is 0 Å². The summed E-state index contributed by atoms with van der Waals surface area (Å²) in [4.78, 5) is 25.7. The van der Waals surface area contributed by atoms with Crippen molar-refractivity contribution in [3.8, 4) is 79.4 Å². The third kappa shape index (κ3) is 6.80. The monoisotopic (exact) mass is 869 g/mol. The summed E-state index contributed by atoms with van der Waals surface area (Å²) in [5, 5.41) is 4.59. The van der Waals surface area contributed by atoms with Crippen LogP contribution in [0.25, 0.3) is 123 Å². The highest BCUT2D eigenvalue weighted by molar-refractivity contribution is 6.19. The van der Waals surface area contributed by atoms with Crippen molar-refractivity contribution < 1.29 is 0 Å². The van der Waals surface area contributed by atoms with Gasteiger partial charge >= 0.3 is 0 Å². The van der Waals surface area contributed by atoms with E-state index in [1.54, 1.807) is 0 Å². The quantitative estimate of drug-likeness (QED) is 0.152. The zero-order valence-electron chi connectivity index (χ0n) is 36.6. The first-order valence-corrected chi connectivity index (χ1v) is 22.7. The lowest BCUT2D eigenvalue weighted by Gasteiger charge is -2.12. The highest BCUT2D eigenvalue weighted by atomic mass is 15.2. The summed E-state index contributed by atoms with van der Waals surface area (Å²) in [6.07, 6.45) is 0. The molecular formula is C61H39N7. The van der Waals surface area contributed by atoms with Crippen LogP contribution in [-0.2, 0) is 0 Å². The summed E-state index contributed by atoms with van der Waals surface area (Å²) in [5.41, 5.74) is 14.1. The number of aromatic nitrogens is 7. The standard InChI is InChI=1S/C61H39N7/c1-5-17-40(18-6-1)41-29-31-42(32-30-41)52-38-53(63-58(62-52)44-19-7-2-8-20-44)43-33-35-47(36-34-43)67-54-27-15-13-25-48(54)50-37-51-49-26-14-16-28-55(49)68(57(51)39-56(50)67)61-65-59(45-21-9-3-10-22-45)64-60(66-61)46-23-11-4-12-24-46/h1-39H. The summed E-state index contributed by atoms with van der Waals surface area (Å²) in [5.74, 6) is 2.47. The summed E-state index contributed by atoms with van der Waals surface area (Å²) in [6, 6.07) is 82.2. The Morgan fingerprint density at radius 2 is 0.618 bits per heavy atom.